The van der Waals surface area contributed by atoms with Crippen molar-refractivity contribution in [3.05, 3.63) is 17.6 Å². The number of rotatable bonds is 4. The average Bonchev–Trinajstić information content (AvgIpc) is 3.27. The molecule has 2 fully saturated rings. The highest BCUT2D eigenvalue weighted by atomic mass is 32.1. The number of halogens is 3. The number of alkyl halides is 3. The van der Waals surface area contributed by atoms with Crippen LogP contribution >= 0.6 is 11.3 Å². The number of fused-ring (bicyclic) bond motifs is 1. The molecule has 192 valence electrons. The third-order valence-corrected chi connectivity index (χ3v) is 6.90. The number of carbonyl (C=O) groups excluding carboxylic acids is 2. The van der Waals surface area contributed by atoms with E-state index in [0.29, 0.717) is 6.42 Å². The lowest BCUT2D eigenvalue weighted by molar-refractivity contribution is -0.192. The quantitative estimate of drug-likeness (QED) is 0.643. The second-order valence-electron chi connectivity index (χ2n) is 8.91. The van der Waals surface area contributed by atoms with Crippen molar-refractivity contribution in [2.24, 2.45) is 0 Å². The normalized spacial score (nSPS) is 20.7. The van der Waals surface area contributed by atoms with E-state index >= 15 is 0 Å². The Labute approximate surface area is 204 Å². The molecule has 35 heavy (non-hydrogen) atoms. The first-order valence-corrected chi connectivity index (χ1v) is 12.1. The van der Waals surface area contributed by atoms with E-state index in [1.807, 2.05) is 36.4 Å². The molecule has 0 radical (unpaired) electrons. The smallest absolute Gasteiger partial charge is 0.475 e. The topological polar surface area (TPSA) is 116 Å². The fraction of sp³-hybridized carbons (Fsp3) is 0.591. The van der Waals surface area contributed by atoms with Crippen LogP contribution in [0.5, 0.6) is 0 Å². The number of carboxylic acid groups (broad SMARTS) is 1. The lowest BCUT2D eigenvalue weighted by atomic mass is 9.87. The van der Waals surface area contributed by atoms with E-state index in [9.17, 15) is 22.8 Å². The molecule has 2 saturated heterocycles. The molecule has 4 rings (SSSR count). The monoisotopic (exact) mass is 515 g/mol. The minimum absolute atomic E-state index is 0.0722. The van der Waals surface area contributed by atoms with Crippen LogP contribution < -0.4 is 10.2 Å². The van der Waals surface area contributed by atoms with E-state index in [-0.39, 0.29) is 29.9 Å². The third kappa shape index (κ3) is 6.59. The number of amides is 2. The van der Waals surface area contributed by atoms with Crippen molar-refractivity contribution in [2.75, 3.05) is 24.5 Å². The number of nitrogens with one attached hydrogen (secondary N) is 1. The van der Waals surface area contributed by atoms with Crippen molar-refractivity contribution in [3.8, 4) is 0 Å². The predicted octanol–water partition coefficient (Wildman–Crippen LogP) is 3.20. The lowest BCUT2D eigenvalue weighted by Crippen LogP contribution is -2.51. The van der Waals surface area contributed by atoms with Gasteiger partial charge in [0.2, 0.25) is 17.8 Å². The van der Waals surface area contributed by atoms with Crippen molar-refractivity contribution in [1.29, 1.82) is 0 Å². The summed E-state index contributed by atoms with van der Waals surface area (Å²) in [6.45, 7) is 5.71. The maximum atomic E-state index is 12.6. The molecule has 2 N–H and O–H groups in total. The van der Waals surface area contributed by atoms with E-state index in [4.69, 9.17) is 14.9 Å². The number of aliphatic carboxylic acids is 1. The van der Waals surface area contributed by atoms with Gasteiger partial charge in [-0.3, -0.25) is 9.59 Å². The van der Waals surface area contributed by atoms with Crippen LogP contribution in [-0.4, -0.2) is 75.1 Å². The van der Waals surface area contributed by atoms with Crippen LogP contribution in [0.4, 0.5) is 19.1 Å². The number of hydrogen-bond donors (Lipinski definition) is 2. The van der Waals surface area contributed by atoms with Crippen LogP contribution in [-0.2, 0) is 14.4 Å². The van der Waals surface area contributed by atoms with E-state index in [1.54, 1.807) is 11.3 Å². The zero-order valence-electron chi connectivity index (χ0n) is 19.5. The van der Waals surface area contributed by atoms with Crippen molar-refractivity contribution < 1.29 is 32.7 Å². The summed E-state index contributed by atoms with van der Waals surface area (Å²) in [5.41, 5.74) is 0.768. The molecule has 0 aromatic carbocycles. The van der Waals surface area contributed by atoms with Gasteiger partial charge < -0.3 is 20.2 Å². The van der Waals surface area contributed by atoms with Crippen LogP contribution in [0.25, 0.3) is 10.2 Å². The van der Waals surface area contributed by atoms with Crippen molar-refractivity contribution in [2.45, 2.75) is 63.7 Å². The summed E-state index contributed by atoms with van der Waals surface area (Å²) in [6, 6.07) is 2.10. The molecule has 0 aliphatic carbocycles. The summed E-state index contributed by atoms with van der Waals surface area (Å²) >= 11 is 1.65. The summed E-state index contributed by atoms with van der Waals surface area (Å²) < 4.78 is 32.8. The first-order valence-electron chi connectivity index (χ1n) is 11.3. The summed E-state index contributed by atoms with van der Waals surface area (Å²) in [4.78, 5) is 47.1. The number of aromatic nitrogens is 2. The standard InChI is InChI=1S/C20H27N5O2S.C2HF3O2/c1-14(2)22-17(26)13-25-18(27)4-7-20(25)6-3-9-24(10-8-20)19-21-12-16-15(23-19)5-11-28-16;3-2(4,5)1(6)7/h5,11-12,14H,3-4,6-10,13H2,1-2H3,(H,22,26);(H,6,7). The van der Waals surface area contributed by atoms with Crippen LogP contribution in [0.2, 0.25) is 0 Å². The van der Waals surface area contributed by atoms with Gasteiger partial charge in [-0.2, -0.15) is 13.2 Å². The number of carboxylic acids is 1. The van der Waals surface area contributed by atoms with Gasteiger partial charge >= 0.3 is 12.1 Å². The summed E-state index contributed by atoms with van der Waals surface area (Å²) in [5, 5.41) is 12.1. The molecule has 2 aliphatic heterocycles. The Hall–Kier alpha value is -2.96. The van der Waals surface area contributed by atoms with Gasteiger partial charge in [-0.05, 0) is 51.0 Å². The second-order valence-corrected chi connectivity index (χ2v) is 9.86. The van der Waals surface area contributed by atoms with Crippen LogP contribution in [0.1, 0.15) is 46.0 Å². The lowest BCUT2D eigenvalue weighted by Gasteiger charge is -2.38. The van der Waals surface area contributed by atoms with Crippen LogP contribution in [0.3, 0.4) is 0 Å². The van der Waals surface area contributed by atoms with Crippen molar-refractivity contribution in [1.82, 2.24) is 20.2 Å². The van der Waals surface area contributed by atoms with Gasteiger partial charge in [0.05, 0.1) is 16.4 Å². The van der Waals surface area contributed by atoms with Crippen molar-refractivity contribution >= 4 is 45.3 Å². The van der Waals surface area contributed by atoms with E-state index in [1.165, 1.54) is 0 Å². The molecule has 2 aliphatic rings. The number of carbonyl (C=O) groups is 3. The van der Waals surface area contributed by atoms with Crippen LogP contribution in [0.15, 0.2) is 17.6 Å². The SMILES string of the molecule is CC(C)NC(=O)CN1C(=O)CCC12CCCN(c1ncc3sccc3n1)CC2.O=C(O)C(F)(F)F. The molecule has 0 saturated carbocycles. The number of likely N-dealkylation sites (tertiary alicyclic amines) is 1. The molecule has 2 aromatic heterocycles. The van der Waals surface area contributed by atoms with Crippen LogP contribution in [0, 0.1) is 0 Å². The molecular weight excluding hydrogens is 487 g/mol. The molecule has 2 amide bonds. The van der Waals surface area contributed by atoms with Gasteiger partial charge in [0, 0.05) is 31.1 Å². The Morgan fingerprint density at radius 1 is 1.26 bits per heavy atom. The highest BCUT2D eigenvalue weighted by molar-refractivity contribution is 7.17. The second kappa shape index (κ2) is 10.8. The first kappa shape index (κ1) is 26.6. The fourth-order valence-electron chi connectivity index (χ4n) is 4.45. The maximum absolute atomic E-state index is 12.6. The molecule has 1 spiro atoms. The summed E-state index contributed by atoms with van der Waals surface area (Å²) in [6.07, 6.45) is 0.903. The Morgan fingerprint density at radius 2 is 1.97 bits per heavy atom. The van der Waals surface area contributed by atoms with E-state index in [0.717, 1.165) is 54.9 Å². The Kier molecular flexibility index (Phi) is 8.18. The van der Waals surface area contributed by atoms with Gasteiger partial charge in [-0.1, -0.05) is 0 Å². The Bertz CT molecular complexity index is 1080. The minimum Gasteiger partial charge on any atom is -0.475 e. The van der Waals surface area contributed by atoms with E-state index < -0.39 is 12.1 Å². The largest absolute Gasteiger partial charge is 0.490 e. The number of anilines is 1. The highest BCUT2D eigenvalue weighted by Gasteiger charge is 2.46. The maximum Gasteiger partial charge on any atom is 0.490 e. The fourth-order valence-corrected chi connectivity index (χ4v) is 5.14. The number of thiophene rings is 1. The predicted molar refractivity (Wildman–Crippen MR) is 124 cm³/mol. The van der Waals surface area contributed by atoms with Gasteiger partial charge in [0.15, 0.2) is 0 Å². The Balaban J connectivity index is 0.000000429. The third-order valence-electron chi connectivity index (χ3n) is 6.06. The number of hydrogen-bond acceptors (Lipinski definition) is 7. The Morgan fingerprint density at radius 3 is 2.63 bits per heavy atom. The summed E-state index contributed by atoms with van der Waals surface area (Å²) in [5.74, 6) is -1.97. The minimum atomic E-state index is -5.08. The van der Waals surface area contributed by atoms with E-state index in [2.05, 4.69) is 15.2 Å². The van der Waals surface area contributed by atoms with Gasteiger partial charge in [0.1, 0.15) is 6.54 Å². The molecule has 9 nitrogen and oxygen atoms in total. The van der Waals surface area contributed by atoms with Crippen molar-refractivity contribution in [3.63, 3.8) is 0 Å². The number of nitrogens with zero attached hydrogens (tertiary/aromatic N) is 4. The molecule has 1 atom stereocenters. The van der Waals surface area contributed by atoms with Gasteiger partial charge in [-0.25, -0.2) is 14.8 Å². The first-order chi connectivity index (χ1) is 16.4. The molecular formula is C22H28F3N5O4S. The highest BCUT2D eigenvalue weighted by Crippen LogP contribution is 2.39. The molecule has 1 unspecified atom stereocenters. The zero-order valence-corrected chi connectivity index (χ0v) is 20.3. The molecule has 0 bridgehead atoms. The zero-order chi connectivity index (χ0) is 25.8. The molecule has 13 heteroatoms. The van der Waals surface area contributed by atoms with Gasteiger partial charge in [-0.15, -0.1) is 11.3 Å². The molecule has 4 heterocycles. The average molecular weight is 516 g/mol. The summed E-state index contributed by atoms with van der Waals surface area (Å²) in [7, 11) is 0. The van der Waals surface area contributed by atoms with Gasteiger partial charge in [0.25, 0.3) is 0 Å². The molecule has 2 aromatic rings.